The Morgan fingerprint density at radius 2 is 2.19 bits per heavy atom. The average molecular weight is 357 g/mol. The molecular formula is C17H16FN5O3. The zero-order valence-corrected chi connectivity index (χ0v) is 14.4. The smallest absolute Gasteiger partial charge is 0.302 e. The van der Waals surface area contributed by atoms with Gasteiger partial charge in [0, 0.05) is 13.1 Å². The predicted molar refractivity (Wildman–Crippen MR) is 91.8 cm³/mol. The molecule has 0 radical (unpaired) electrons. The van der Waals surface area contributed by atoms with Gasteiger partial charge in [-0.3, -0.25) is 14.9 Å². The summed E-state index contributed by atoms with van der Waals surface area (Å²) in [4.78, 5) is 34.6. The van der Waals surface area contributed by atoms with E-state index in [9.17, 15) is 14.0 Å². The van der Waals surface area contributed by atoms with Gasteiger partial charge < -0.3 is 13.9 Å². The number of nitrogens with zero attached hydrogens (tertiary/aromatic N) is 4. The van der Waals surface area contributed by atoms with E-state index in [-0.39, 0.29) is 24.4 Å². The molecule has 0 fully saturated rings. The molecule has 0 aliphatic carbocycles. The Balaban J connectivity index is 1.54. The third-order valence-corrected chi connectivity index (χ3v) is 4.58. The van der Waals surface area contributed by atoms with Crippen molar-refractivity contribution in [2.75, 3.05) is 17.3 Å². The van der Waals surface area contributed by atoms with E-state index in [4.69, 9.17) is 4.42 Å². The normalized spacial score (nSPS) is 16.4. The monoisotopic (exact) mass is 357 g/mol. The van der Waals surface area contributed by atoms with Gasteiger partial charge in [0.1, 0.15) is 23.6 Å². The number of oxazole rings is 1. The van der Waals surface area contributed by atoms with Gasteiger partial charge in [-0.25, -0.2) is 9.37 Å². The minimum absolute atomic E-state index is 0.0245. The second kappa shape index (κ2) is 5.65. The third-order valence-electron chi connectivity index (χ3n) is 4.58. The van der Waals surface area contributed by atoms with E-state index < -0.39 is 11.7 Å². The summed E-state index contributed by atoms with van der Waals surface area (Å²) >= 11 is 0. The predicted octanol–water partition coefficient (Wildman–Crippen LogP) is 2.13. The molecule has 1 aliphatic heterocycles. The summed E-state index contributed by atoms with van der Waals surface area (Å²) in [6.07, 6.45) is 1.45. The SMILES string of the molecule is Cc1cc2oc(NC(=O)Cn3cnc4c3C(=O)C(C)N4C)nc2cc1F. The van der Waals surface area contributed by atoms with Crippen molar-refractivity contribution in [3.05, 3.63) is 35.5 Å². The number of ketones is 1. The third kappa shape index (κ3) is 2.43. The molecule has 3 heterocycles. The number of imidazole rings is 1. The number of fused-ring (bicyclic) bond motifs is 2. The van der Waals surface area contributed by atoms with Gasteiger partial charge in [-0.05, 0) is 25.5 Å². The van der Waals surface area contributed by atoms with E-state index in [1.807, 2.05) is 0 Å². The highest BCUT2D eigenvalue weighted by Crippen LogP contribution is 2.29. The van der Waals surface area contributed by atoms with Crippen LogP contribution >= 0.6 is 0 Å². The van der Waals surface area contributed by atoms with Gasteiger partial charge in [-0.2, -0.15) is 4.98 Å². The Hall–Kier alpha value is -3.23. The molecule has 1 unspecified atom stereocenters. The summed E-state index contributed by atoms with van der Waals surface area (Å²) < 4.78 is 20.5. The molecule has 26 heavy (non-hydrogen) atoms. The first-order valence-electron chi connectivity index (χ1n) is 8.04. The van der Waals surface area contributed by atoms with Gasteiger partial charge in [-0.1, -0.05) is 0 Å². The van der Waals surface area contributed by atoms with Crippen molar-refractivity contribution in [2.45, 2.75) is 26.4 Å². The Kier molecular flexibility index (Phi) is 3.53. The standard InChI is InChI=1S/C17H16FN5O3/c1-8-4-12-11(5-10(8)18)20-17(26-12)21-13(24)6-23-7-19-16-14(23)15(25)9(2)22(16)3/h4-5,7,9H,6H2,1-3H3,(H,20,21,24). The van der Waals surface area contributed by atoms with Crippen LogP contribution in [-0.2, 0) is 11.3 Å². The number of benzene rings is 1. The maximum Gasteiger partial charge on any atom is 0.302 e. The number of aryl methyl sites for hydroxylation is 1. The number of hydrogen-bond donors (Lipinski definition) is 1. The lowest BCUT2D eigenvalue weighted by Crippen LogP contribution is -2.29. The second-order valence-electron chi connectivity index (χ2n) is 6.33. The van der Waals surface area contributed by atoms with Crippen LogP contribution in [0.25, 0.3) is 11.1 Å². The van der Waals surface area contributed by atoms with Gasteiger partial charge in [0.15, 0.2) is 11.4 Å². The van der Waals surface area contributed by atoms with E-state index in [2.05, 4.69) is 15.3 Å². The minimum Gasteiger partial charge on any atom is -0.423 e. The highest BCUT2D eigenvalue weighted by molar-refractivity contribution is 6.08. The summed E-state index contributed by atoms with van der Waals surface area (Å²) in [6, 6.07) is 2.44. The van der Waals surface area contributed by atoms with Crippen molar-refractivity contribution in [1.29, 1.82) is 0 Å². The van der Waals surface area contributed by atoms with Crippen molar-refractivity contribution < 1.29 is 18.4 Å². The van der Waals surface area contributed by atoms with E-state index in [0.717, 1.165) is 0 Å². The number of carbonyl (C=O) groups excluding carboxylic acids is 2. The van der Waals surface area contributed by atoms with Gasteiger partial charge >= 0.3 is 6.01 Å². The average Bonchev–Trinajstić information content (AvgIpc) is 3.21. The van der Waals surface area contributed by atoms with Crippen LogP contribution in [0.2, 0.25) is 0 Å². The number of rotatable bonds is 3. The molecule has 0 saturated heterocycles. The molecule has 134 valence electrons. The van der Waals surface area contributed by atoms with Crippen LogP contribution in [0, 0.1) is 12.7 Å². The van der Waals surface area contributed by atoms with Crippen molar-refractivity contribution in [2.24, 2.45) is 0 Å². The summed E-state index contributed by atoms with van der Waals surface area (Å²) in [6.45, 7) is 3.29. The summed E-state index contributed by atoms with van der Waals surface area (Å²) in [5.74, 6) is -0.345. The Morgan fingerprint density at radius 3 is 2.96 bits per heavy atom. The fourth-order valence-corrected chi connectivity index (χ4v) is 2.98. The number of nitrogens with one attached hydrogen (secondary N) is 1. The van der Waals surface area contributed by atoms with E-state index in [1.165, 1.54) is 23.0 Å². The minimum atomic E-state index is -0.427. The first-order chi connectivity index (χ1) is 12.3. The maximum atomic E-state index is 13.6. The van der Waals surface area contributed by atoms with Crippen molar-refractivity contribution >= 4 is 34.6 Å². The lowest BCUT2D eigenvalue weighted by Gasteiger charge is -2.14. The van der Waals surface area contributed by atoms with Crippen LogP contribution in [-0.4, -0.2) is 39.3 Å². The lowest BCUT2D eigenvalue weighted by atomic mass is 10.2. The van der Waals surface area contributed by atoms with E-state index >= 15 is 0 Å². The Labute approximate surface area is 147 Å². The summed E-state index contributed by atoms with van der Waals surface area (Å²) in [5.41, 5.74) is 1.54. The summed E-state index contributed by atoms with van der Waals surface area (Å²) in [7, 11) is 1.78. The molecule has 0 spiro atoms. The first kappa shape index (κ1) is 16.2. The quantitative estimate of drug-likeness (QED) is 0.772. The molecule has 0 bridgehead atoms. The number of anilines is 2. The topological polar surface area (TPSA) is 93.3 Å². The molecule has 8 nitrogen and oxygen atoms in total. The number of Topliss-reactive ketones (excluding diaryl/α,β-unsaturated/α-hetero) is 1. The molecule has 4 rings (SSSR count). The molecule has 0 saturated carbocycles. The molecule has 9 heteroatoms. The second-order valence-corrected chi connectivity index (χ2v) is 6.33. The fraction of sp³-hybridized carbons (Fsp3) is 0.294. The number of carbonyl (C=O) groups is 2. The highest BCUT2D eigenvalue weighted by atomic mass is 19.1. The van der Waals surface area contributed by atoms with Crippen LogP contribution in [0.15, 0.2) is 22.9 Å². The zero-order chi connectivity index (χ0) is 18.6. The van der Waals surface area contributed by atoms with Gasteiger partial charge in [0.25, 0.3) is 0 Å². The zero-order valence-electron chi connectivity index (χ0n) is 14.4. The molecule has 1 aromatic carbocycles. The van der Waals surface area contributed by atoms with Gasteiger partial charge in [0.05, 0.1) is 12.4 Å². The van der Waals surface area contributed by atoms with E-state index in [1.54, 1.807) is 25.8 Å². The van der Waals surface area contributed by atoms with Gasteiger partial charge in [0.2, 0.25) is 11.7 Å². The number of aromatic nitrogens is 3. The van der Waals surface area contributed by atoms with Crippen molar-refractivity contribution in [3.8, 4) is 0 Å². The van der Waals surface area contributed by atoms with Crippen molar-refractivity contribution in [1.82, 2.24) is 14.5 Å². The van der Waals surface area contributed by atoms with Crippen LogP contribution in [0.1, 0.15) is 23.0 Å². The van der Waals surface area contributed by atoms with Crippen LogP contribution in [0.4, 0.5) is 16.2 Å². The summed E-state index contributed by atoms with van der Waals surface area (Å²) in [5, 5.41) is 2.52. The molecule has 1 aliphatic rings. The molecule has 1 amide bonds. The van der Waals surface area contributed by atoms with Crippen LogP contribution < -0.4 is 10.2 Å². The number of halogens is 1. The maximum absolute atomic E-state index is 13.6. The molecule has 2 aromatic heterocycles. The Bertz CT molecular complexity index is 1020. The number of hydrogen-bond acceptors (Lipinski definition) is 6. The fourth-order valence-electron chi connectivity index (χ4n) is 2.98. The Morgan fingerprint density at radius 1 is 1.42 bits per heavy atom. The van der Waals surface area contributed by atoms with E-state index in [0.29, 0.717) is 28.2 Å². The largest absolute Gasteiger partial charge is 0.423 e. The van der Waals surface area contributed by atoms with Gasteiger partial charge in [-0.15, -0.1) is 0 Å². The number of amides is 1. The molecular weight excluding hydrogens is 341 g/mol. The highest BCUT2D eigenvalue weighted by Gasteiger charge is 2.36. The molecule has 1 atom stereocenters. The number of likely N-dealkylation sites (N-methyl/N-ethyl adjacent to an activating group) is 1. The first-order valence-corrected chi connectivity index (χ1v) is 8.04. The molecule has 1 N–H and O–H groups in total. The molecule has 3 aromatic rings. The van der Waals surface area contributed by atoms with Crippen molar-refractivity contribution in [3.63, 3.8) is 0 Å². The van der Waals surface area contributed by atoms with Crippen LogP contribution in [0.5, 0.6) is 0 Å². The lowest BCUT2D eigenvalue weighted by molar-refractivity contribution is -0.116. The van der Waals surface area contributed by atoms with Crippen LogP contribution in [0.3, 0.4) is 0 Å².